The molecule has 5 rings (SSSR count). The highest BCUT2D eigenvalue weighted by Crippen LogP contribution is 2.26. The molecular formula is C26H20N4O2S. The van der Waals surface area contributed by atoms with Gasteiger partial charge in [0.15, 0.2) is 0 Å². The van der Waals surface area contributed by atoms with Gasteiger partial charge in [-0.25, -0.2) is 4.98 Å². The fraction of sp³-hybridized carbons (Fsp3) is 0.0769. The molecule has 33 heavy (non-hydrogen) atoms. The summed E-state index contributed by atoms with van der Waals surface area (Å²) in [5.41, 5.74) is 3.34. The fourth-order valence-electron chi connectivity index (χ4n) is 3.57. The second-order valence-corrected chi connectivity index (χ2v) is 7.99. The molecule has 6 nitrogen and oxygen atoms in total. The Bertz CT molecular complexity index is 1540. The molecule has 5 aromatic rings. The molecule has 0 bridgehead atoms. The lowest BCUT2D eigenvalue weighted by molar-refractivity contribution is 0.622. The summed E-state index contributed by atoms with van der Waals surface area (Å²) < 4.78 is 27.1. The maximum atomic E-state index is 10.8. The Labute approximate surface area is 193 Å². The van der Waals surface area contributed by atoms with Gasteiger partial charge >= 0.3 is 10.5 Å². The van der Waals surface area contributed by atoms with Crippen LogP contribution in [-0.2, 0) is 24.0 Å². The summed E-state index contributed by atoms with van der Waals surface area (Å²) in [7, 11) is -0.635. The predicted octanol–water partition coefficient (Wildman–Crippen LogP) is 5.57. The molecule has 0 amide bonds. The molecule has 162 valence electrons. The Morgan fingerprint density at radius 2 is 1.48 bits per heavy atom. The van der Waals surface area contributed by atoms with Crippen molar-refractivity contribution in [3.63, 3.8) is 0 Å². The molecular weight excluding hydrogens is 432 g/mol. The highest BCUT2D eigenvalue weighted by molar-refractivity contribution is 7.61. The monoisotopic (exact) mass is 452 g/mol. The van der Waals surface area contributed by atoms with Gasteiger partial charge < -0.3 is 4.57 Å². The van der Waals surface area contributed by atoms with Crippen LogP contribution in [-0.4, -0.2) is 18.0 Å². The molecule has 0 saturated heterocycles. The van der Waals surface area contributed by atoms with Crippen molar-refractivity contribution in [1.82, 2.24) is 9.55 Å². The van der Waals surface area contributed by atoms with E-state index in [-0.39, 0.29) is 0 Å². The van der Waals surface area contributed by atoms with Crippen LogP contribution in [0.4, 0.5) is 5.69 Å². The van der Waals surface area contributed by atoms with Crippen LogP contribution in [0.5, 0.6) is 0 Å². The Balaban J connectivity index is 0.000000214. The Kier molecular flexibility index (Phi) is 6.58. The summed E-state index contributed by atoms with van der Waals surface area (Å²) in [6.45, 7) is 0. The standard InChI is InChI=1S/C16H12N4O2S.C10H8/c1-20-14-4-2-3-13(19-23(21)22)16(14)18-15(20)9-11-5-7-12(10-17)8-6-11;1-2-6-10-8-4-3-7-9(10)5-1/h2-8H,9H2,1H3;1-8H. The first-order valence-corrected chi connectivity index (χ1v) is 11.3. The number of hydrogen-bond acceptors (Lipinski definition) is 5. The maximum Gasteiger partial charge on any atom is 0.316 e. The number of para-hydroxylation sites is 1. The lowest BCUT2D eigenvalue weighted by Crippen LogP contribution is -1.99. The van der Waals surface area contributed by atoms with Gasteiger partial charge in [0.25, 0.3) is 0 Å². The maximum absolute atomic E-state index is 10.8. The third-order valence-electron chi connectivity index (χ3n) is 5.26. The van der Waals surface area contributed by atoms with Crippen molar-refractivity contribution in [2.75, 3.05) is 0 Å². The zero-order chi connectivity index (χ0) is 23.2. The first-order valence-electron chi connectivity index (χ1n) is 10.2. The number of nitrogens with zero attached hydrogens (tertiary/aromatic N) is 4. The van der Waals surface area contributed by atoms with E-state index in [2.05, 4.69) is 63.9 Å². The van der Waals surface area contributed by atoms with Crippen molar-refractivity contribution in [2.45, 2.75) is 6.42 Å². The summed E-state index contributed by atoms with van der Waals surface area (Å²) in [5, 5.41) is 11.5. The number of fused-ring (bicyclic) bond motifs is 2. The molecule has 7 heteroatoms. The van der Waals surface area contributed by atoms with Crippen molar-refractivity contribution < 1.29 is 8.42 Å². The van der Waals surface area contributed by atoms with E-state index in [0.717, 1.165) is 16.9 Å². The average molecular weight is 453 g/mol. The van der Waals surface area contributed by atoms with Crippen LogP contribution in [0, 0.1) is 11.3 Å². The van der Waals surface area contributed by atoms with Crippen LogP contribution >= 0.6 is 0 Å². The van der Waals surface area contributed by atoms with E-state index in [1.54, 1.807) is 24.3 Å². The molecule has 0 unspecified atom stereocenters. The molecule has 0 aliphatic carbocycles. The van der Waals surface area contributed by atoms with Crippen molar-refractivity contribution in [1.29, 1.82) is 5.26 Å². The number of nitriles is 1. The molecule has 4 aromatic carbocycles. The summed E-state index contributed by atoms with van der Waals surface area (Å²) >= 11 is 0. The van der Waals surface area contributed by atoms with Gasteiger partial charge in [-0.3, -0.25) is 0 Å². The molecule has 0 atom stereocenters. The predicted molar refractivity (Wildman–Crippen MR) is 130 cm³/mol. The number of aryl methyl sites for hydroxylation is 1. The first kappa shape index (κ1) is 21.9. The number of imidazole rings is 1. The van der Waals surface area contributed by atoms with Crippen LogP contribution in [0.25, 0.3) is 21.8 Å². The third kappa shape index (κ3) is 5.14. The molecule has 1 heterocycles. The molecule has 0 saturated carbocycles. The van der Waals surface area contributed by atoms with E-state index in [1.807, 2.05) is 29.8 Å². The van der Waals surface area contributed by atoms with Crippen molar-refractivity contribution in [3.05, 3.63) is 108 Å². The smallest absolute Gasteiger partial charge is 0.316 e. The minimum absolute atomic E-state index is 0.331. The van der Waals surface area contributed by atoms with Crippen LogP contribution in [0.2, 0.25) is 0 Å². The zero-order valence-corrected chi connectivity index (χ0v) is 18.7. The number of benzene rings is 4. The van der Waals surface area contributed by atoms with Gasteiger partial charge in [0.2, 0.25) is 0 Å². The summed E-state index contributed by atoms with van der Waals surface area (Å²) in [5.74, 6) is 0.795. The largest absolute Gasteiger partial charge is 0.331 e. The molecule has 0 aliphatic heterocycles. The van der Waals surface area contributed by atoms with Crippen molar-refractivity contribution >= 4 is 38.0 Å². The summed E-state index contributed by atoms with van der Waals surface area (Å²) in [6.07, 6.45) is 0.580. The molecule has 1 aromatic heterocycles. The lowest BCUT2D eigenvalue weighted by Gasteiger charge is -2.02. The molecule has 0 fully saturated rings. The molecule has 0 radical (unpaired) electrons. The molecule has 0 spiro atoms. The van der Waals surface area contributed by atoms with Gasteiger partial charge in [-0.15, -0.1) is 4.36 Å². The number of rotatable bonds is 3. The Hall–Kier alpha value is -4.28. The van der Waals surface area contributed by atoms with E-state index >= 15 is 0 Å². The highest BCUT2D eigenvalue weighted by atomic mass is 32.2. The minimum atomic E-state index is -2.52. The van der Waals surface area contributed by atoms with E-state index in [1.165, 1.54) is 10.8 Å². The molecule has 0 aliphatic rings. The van der Waals surface area contributed by atoms with Crippen molar-refractivity contribution in [3.8, 4) is 6.07 Å². The van der Waals surface area contributed by atoms with Crippen LogP contribution < -0.4 is 0 Å². The number of hydrogen-bond donors (Lipinski definition) is 0. The van der Waals surface area contributed by atoms with Crippen LogP contribution in [0.3, 0.4) is 0 Å². The second kappa shape index (κ2) is 9.90. The van der Waals surface area contributed by atoms with Gasteiger partial charge in [0, 0.05) is 13.5 Å². The van der Waals surface area contributed by atoms with Crippen LogP contribution in [0.15, 0.2) is 95.4 Å². The second-order valence-electron chi connectivity index (χ2n) is 7.37. The summed E-state index contributed by atoms with van der Waals surface area (Å²) in [4.78, 5) is 4.53. The summed E-state index contributed by atoms with van der Waals surface area (Å²) in [6, 6.07) is 31.3. The number of aromatic nitrogens is 2. The zero-order valence-electron chi connectivity index (χ0n) is 17.9. The van der Waals surface area contributed by atoms with E-state index in [4.69, 9.17) is 5.26 Å². The van der Waals surface area contributed by atoms with Gasteiger partial charge in [-0.1, -0.05) is 66.7 Å². The van der Waals surface area contributed by atoms with Gasteiger partial charge in [0.1, 0.15) is 17.0 Å². The van der Waals surface area contributed by atoms with Gasteiger partial charge in [-0.05, 0) is 40.6 Å². The van der Waals surface area contributed by atoms with Crippen LogP contribution in [0.1, 0.15) is 17.0 Å². The topological polar surface area (TPSA) is 88.1 Å². The first-order chi connectivity index (χ1) is 16.0. The average Bonchev–Trinajstić information content (AvgIpc) is 3.16. The lowest BCUT2D eigenvalue weighted by atomic mass is 10.1. The normalized spacial score (nSPS) is 10.3. The Morgan fingerprint density at radius 1 is 0.879 bits per heavy atom. The fourth-order valence-corrected chi connectivity index (χ4v) is 3.88. The SMILES string of the molecule is Cn1c(Cc2ccc(C#N)cc2)nc2c(N=S(=O)=O)cccc21.c1ccc2ccccc2c1. The van der Waals surface area contributed by atoms with Crippen molar-refractivity contribution in [2.24, 2.45) is 11.4 Å². The third-order valence-corrected chi connectivity index (χ3v) is 5.61. The molecule has 0 N–H and O–H groups in total. The van der Waals surface area contributed by atoms with E-state index in [0.29, 0.717) is 23.2 Å². The Morgan fingerprint density at radius 3 is 2.03 bits per heavy atom. The van der Waals surface area contributed by atoms with E-state index < -0.39 is 10.5 Å². The highest BCUT2D eigenvalue weighted by Gasteiger charge is 2.11. The minimum Gasteiger partial charge on any atom is -0.331 e. The van der Waals surface area contributed by atoms with Gasteiger partial charge in [0.05, 0.1) is 17.1 Å². The van der Waals surface area contributed by atoms with Gasteiger partial charge in [-0.2, -0.15) is 13.7 Å². The quantitative estimate of drug-likeness (QED) is 0.358. The van der Waals surface area contributed by atoms with E-state index in [9.17, 15) is 8.42 Å².